The number of amides is 2. The fourth-order valence-electron chi connectivity index (χ4n) is 2.15. The lowest BCUT2D eigenvalue weighted by Crippen LogP contribution is -2.38. The Morgan fingerprint density at radius 1 is 1.23 bits per heavy atom. The van der Waals surface area contributed by atoms with E-state index >= 15 is 0 Å². The number of carbonyl (C=O) groups is 1. The molecular weight excluding hydrogens is 280 g/mol. The number of aromatic nitrogens is 2. The zero-order valence-electron chi connectivity index (χ0n) is 14.4. The number of urea groups is 1. The topological polar surface area (TPSA) is 87.1 Å². The first kappa shape index (κ1) is 18.4. The van der Waals surface area contributed by atoms with E-state index in [0.717, 1.165) is 5.82 Å². The minimum Gasteiger partial charge on any atom is -0.393 e. The van der Waals surface area contributed by atoms with Crippen LogP contribution >= 0.6 is 0 Å². The molecule has 3 N–H and O–H groups in total. The van der Waals surface area contributed by atoms with Crippen LogP contribution in [-0.4, -0.2) is 33.8 Å². The summed E-state index contributed by atoms with van der Waals surface area (Å²) in [5.74, 6) is 0.733. The third-order valence-corrected chi connectivity index (χ3v) is 3.16. The van der Waals surface area contributed by atoms with Gasteiger partial charge in [0.05, 0.1) is 24.2 Å². The molecule has 1 atom stereocenters. The molecule has 0 aliphatic rings. The van der Waals surface area contributed by atoms with Gasteiger partial charge in [0.1, 0.15) is 5.82 Å². The SMILES string of the molecule is CC(O)CC(C)(C)CNC(=O)Nc1cnc(C(C)(C)C)nc1. The van der Waals surface area contributed by atoms with Gasteiger partial charge < -0.3 is 15.7 Å². The quantitative estimate of drug-likeness (QED) is 0.780. The first-order valence-electron chi connectivity index (χ1n) is 7.55. The fraction of sp³-hybridized carbons (Fsp3) is 0.688. The van der Waals surface area contributed by atoms with Gasteiger partial charge in [0.2, 0.25) is 0 Å². The summed E-state index contributed by atoms with van der Waals surface area (Å²) in [6.07, 6.45) is 3.44. The number of nitrogens with one attached hydrogen (secondary N) is 2. The van der Waals surface area contributed by atoms with Crippen molar-refractivity contribution in [2.75, 3.05) is 11.9 Å². The van der Waals surface area contributed by atoms with Crippen molar-refractivity contribution in [3.8, 4) is 0 Å². The molecule has 0 spiro atoms. The highest BCUT2D eigenvalue weighted by Crippen LogP contribution is 2.21. The van der Waals surface area contributed by atoms with Crippen LogP contribution < -0.4 is 10.6 Å². The number of rotatable bonds is 5. The predicted molar refractivity (Wildman–Crippen MR) is 87.8 cm³/mol. The smallest absolute Gasteiger partial charge is 0.319 e. The van der Waals surface area contributed by atoms with Crippen molar-refractivity contribution >= 4 is 11.7 Å². The maximum atomic E-state index is 11.9. The van der Waals surface area contributed by atoms with Crippen LogP contribution in [0, 0.1) is 5.41 Å². The van der Waals surface area contributed by atoms with Crippen LogP contribution in [0.2, 0.25) is 0 Å². The van der Waals surface area contributed by atoms with Gasteiger partial charge in [-0.15, -0.1) is 0 Å². The highest BCUT2D eigenvalue weighted by Gasteiger charge is 2.21. The van der Waals surface area contributed by atoms with Gasteiger partial charge in [-0.05, 0) is 18.8 Å². The summed E-state index contributed by atoms with van der Waals surface area (Å²) in [4.78, 5) is 20.4. The van der Waals surface area contributed by atoms with Gasteiger partial charge in [0.25, 0.3) is 0 Å². The predicted octanol–water partition coefficient (Wildman–Crippen LogP) is 2.69. The Balaban J connectivity index is 2.52. The average Bonchev–Trinajstić information content (AvgIpc) is 2.34. The molecule has 1 aromatic heterocycles. The second-order valence-electron chi connectivity index (χ2n) is 7.57. The highest BCUT2D eigenvalue weighted by atomic mass is 16.3. The van der Waals surface area contributed by atoms with E-state index in [2.05, 4.69) is 20.6 Å². The minimum absolute atomic E-state index is 0.119. The molecule has 22 heavy (non-hydrogen) atoms. The van der Waals surface area contributed by atoms with Gasteiger partial charge in [-0.3, -0.25) is 0 Å². The number of carbonyl (C=O) groups excluding carboxylic acids is 1. The number of anilines is 1. The highest BCUT2D eigenvalue weighted by molar-refractivity contribution is 5.88. The Morgan fingerprint density at radius 3 is 2.23 bits per heavy atom. The maximum absolute atomic E-state index is 11.9. The summed E-state index contributed by atoms with van der Waals surface area (Å²) < 4.78 is 0. The molecule has 0 aliphatic carbocycles. The second kappa shape index (κ2) is 7.05. The molecule has 0 radical (unpaired) electrons. The molecule has 0 saturated heterocycles. The summed E-state index contributed by atoms with van der Waals surface area (Å²) in [5.41, 5.74) is 0.267. The monoisotopic (exact) mass is 308 g/mol. The van der Waals surface area contributed by atoms with E-state index in [0.29, 0.717) is 18.7 Å². The molecule has 2 amide bonds. The molecule has 0 fully saturated rings. The van der Waals surface area contributed by atoms with Crippen molar-refractivity contribution in [3.05, 3.63) is 18.2 Å². The van der Waals surface area contributed by atoms with Crippen LogP contribution in [0.1, 0.15) is 53.8 Å². The Bertz CT molecular complexity index is 490. The average molecular weight is 308 g/mol. The number of nitrogens with zero attached hydrogens (tertiary/aromatic N) is 2. The molecule has 6 heteroatoms. The molecular formula is C16H28N4O2. The zero-order valence-corrected chi connectivity index (χ0v) is 14.4. The van der Waals surface area contributed by atoms with E-state index in [-0.39, 0.29) is 16.9 Å². The van der Waals surface area contributed by atoms with Gasteiger partial charge in [0, 0.05) is 12.0 Å². The molecule has 124 valence electrons. The largest absolute Gasteiger partial charge is 0.393 e. The van der Waals surface area contributed by atoms with E-state index < -0.39 is 6.10 Å². The summed E-state index contributed by atoms with van der Waals surface area (Å²) in [6, 6.07) is -0.300. The van der Waals surface area contributed by atoms with E-state index in [1.54, 1.807) is 19.3 Å². The van der Waals surface area contributed by atoms with Crippen molar-refractivity contribution in [1.29, 1.82) is 0 Å². The van der Waals surface area contributed by atoms with E-state index in [9.17, 15) is 9.90 Å². The molecule has 0 aromatic carbocycles. The lowest BCUT2D eigenvalue weighted by atomic mass is 9.87. The van der Waals surface area contributed by atoms with Gasteiger partial charge in [0.15, 0.2) is 0 Å². The summed E-state index contributed by atoms with van der Waals surface area (Å²) >= 11 is 0. The van der Waals surface area contributed by atoms with Gasteiger partial charge in [-0.2, -0.15) is 0 Å². The van der Waals surface area contributed by atoms with Crippen molar-refractivity contribution in [2.45, 2.75) is 59.5 Å². The summed E-state index contributed by atoms with van der Waals surface area (Å²) in [5, 5.41) is 14.9. The first-order valence-corrected chi connectivity index (χ1v) is 7.55. The first-order chi connectivity index (χ1) is 9.99. The standard InChI is InChI=1S/C16H28N4O2/c1-11(21)7-16(5,6)10-19-14(22)20-12-8-17-13(18-9-12)15(2,3)4/h8-9,11,21H,7,10H2,1-6H3,(H2,19,20,22). The van der Waals surface area contributed by atoms with Crippen LogP contribution in [0.25, 0.3) is 0 Å². The van der Waals surface area contributed by atoms with Crippen LogP contribution in [-0.2, 0) is 5.41 Å². The van der Waals surface area contributed by atoms with Gasteiger partial charge >= 0.3 is 6.03 Å². The van der Waals surface area contributed by atoms with Crippen LogP contribution in [0.4, 0.5) is 10.5 Å². The van der Waals surface area contributed by atoms with E-state index in [1.165, 1.54) is 0 Å². The third-order valence-electron chi connectivity index (χ3n) is 3.16. The Hall–Kier alpha value is -1.69. The van der Waals surface area contributed by atoms with Gasteiger partial charge in [-0.25, -0.2) is 14.8 Å². The van der Waals surface area contributed by atoms with Crippen LogP contribution in [0.15, 0.2) is 12.4 Å². The molecule has 0 saturated carbocycles. The van der Waals surface area contributed by atoms with E-state index in [1.807, 2.05) is 34.6 Å². The molecule has 1 aromatic rings. The van der Waals surface area contributed by atoms with Gasteiger partial charge in [-0.1, -0.05) is 34.6 Å². The summed E-state index contributed by atoms with van der Waals surface area (Å²) in [6.45, 7) is 12.3. The molecule has 0 bridgehead atoms. The third kappa shape index (κ3) is 6.39. The van der Waals surface area contributed by atoms with Crippen LogP contribution in [0.5, 0.6) is 0 Å². The lowest BCUT2D eigenvalue weighted by molar-refractivity contribution is 0.129. The van der Waals surface area contributed by atoms with E-state index in [4.69, 9.17) is 0 Å². The number of aliphatic hydroxyl groups is 1. The number of hydrogen-bond acceptors (Lipinski definition) is 4. The lowest BCUT2D eigenvalue weighted by Gasteiger charge is -2.26. The molecule has 0 aliphatic heterocycles. The van der Waals surface area contributed by atoms with Crippen molar-refractivity contribution < 1.29 is 9.90 Å². The molecule has 1 unspecified atom stereocenters. The zero-order chi connectivity index (χ0) is 17.0. The fourth-order valence-corrected chi connectivity index (χ4v) is 2.15. The van der Waals surface area contributed by atoms with Crippen molar-refractivity contribution in [1.82, 2.24) is 15.3 Å². The molecule has 1 rings (SSSR count). The second-order valence-corrected chi connectivity index (χ2v) is 7.57. The number of aliphatic hydroxyl groups excluding tert-OH is 1. The molecule has 6 nitrogen and oxygen atoms in total. The van der Waals surface area contributed by atoms with Crippen molar-refractivity contribution in [3.63, 3.8) is 0 Å². The Morgan fingerprint density at radius 2 is 1.77 bits per heavy atom. The minimum atomic E-state index is -0.391. The Kier molecular flexibility index (Phi) is 5.88. The summed E-state index contributed by atoms with van der Waals surface area (Å²) in [7, 11) is 0. The number of hydrogen-bond donors (Lipinski definition) is 3. The van der Waals surface area contributed by atoms with Crippen molar-refractivity contribution in [2.24, 2.45) is 5.41 Å². The normalized spacial score (nSPS) is 13.6. The maximum Gasteiger partial charge on any atom is 0.319 e. The Labute approximate surface area is 132 Å². The molecule has 1 heterocycles. The van der Waals surface area contributed by atoms with Crippen LogP contribution in [0.3, 0.4) is 0 Å².